The van der Waals surface area contributed by atoms with Crippen LogP contribution in [0, 0.1) is 6.92 Å². The molecule has 2 nitrogen and oxygen atoms in total. The fourth-order valence-corrected chi connectivity index (χ4v) is 2.49. The first-order chi connectivity index (χ1) is 9.74. The monoisotopic (exact) mass is 298 g/mol. The van der Waals surface area contributed by atoms with Crippen LogP contribution in [0.2, 0.25) is 0 Å². The molecule has 0 saturated carbocycles. The van der Waals surface area contributed by atoms with E-state index in [-0.39, 0.29) is 12.4 Å². The SMILES string of the molecule is Cc1nc2c(CCc3ccccc3)cccc2cc1N.Cl. The number of para-hydroxylation sites is 1. The zero-order valence-electron chi connectivity index (χ0n) is 12.0. The van der Waals surface area contributed by atoms with Crippen LogP contribution in [-0.2, 0) is 12.8 Å². The summed E-state index contributed by atoms with van der Waals surface area (Å²) in [5.41, 5.74) is 11.3. The minimum absolute atomic E-state index is 0. The predicted octanol–water partition coefficient (Wildman–Crippen LogP) is 4.33. The van der Waals surface area contributed by atoms with Gasteiger partial charge in [-0.3, -0.25) is 4.98 Å². The Morgan fingerprint density at radius 1 is 0.952 bits per heavy atom. The van der Waals surface area contributed by atoms with E-state index in [1.807, 2.05) is 13.0 Å². The van der Waals surface area contributed by atoms with Crippen molar-refractivity contribution in [2.45, 2.75) is 19.8 Å². The number of nitrogen functional groups attached to an aromatic ring is 1. The van der Waals surface area contributed by atoms with Gasteiger partial charge >= 0.3 is 0 Å². The number of anilines is 1. The van der Waals surface area contributed by atoms with Crippen LogP contribution in [0.5, 0.6) is 0 Å². The molecular formula is C18H19ClN2. The number of nitrogens with two attached hydrogens (primary N) is 1. The molecule has 0 aliphatic carbocycles. The topological polar surface area (TPSA) is 38.9 Å². The van der Waals surface area contributed by atoms with Gasteiger partial charge in [-0.25, -0.2) is 0 Å². The van der Waals surface area contributed by atoms with E-state index in [2.05, 4.69) is 53.5 Å². The van der Waals surface area contributed by atoms with Crippen molar-refractivity contribution >= 4 is 29.0 Å². The van der Waals surface area contributed by atoms with Gasteiger partial charge in [-0.05, 0) is 37.0 Å². The average molecular weight is 299 g/mol. The van der Waals surface area contributed by atoms with Gasteiger partial charge in [0.15, 0.2) is 0 Å². The normalized spacial score (nSPS) is 10.3. The Balaban J connectivity index is 0.00000161. The summed E-state index contributed by atoms with van der Waals surface area (Å²) >= 11 is 0. The number of nitrogens with zero attached hydrogens (tertiary/aromatic N) is 1. The highest BCUT2D eigenvalue weighted by atomic mass is 35.5. The van der Waals surface area contributed by atoms with Crippen LogP contribution >= 0.6 is 12.4 Å². The maximum Gasteiger partial charge on any atom is 0.0738 e. The van der Waals surface area contributed by atoms with Gasteiger partial charge in [0.1, 0.15) is 0 Å². The van der Waals surface area contributed by atoms with Gasteiger partial charge in [-0.2, -0.15) is 0 Å². The number of rotatable bonds is 3. The van der Waals surface area contributed by atoms with Crippen LogP contribution in [-0.4, -0.2) is 4.98 Å². The predicted molar refractivity (Wildman–Crippen MR) is 92.0 cm³/mol. The van der Waals surface area contributed by atoms with Crippen molar-refractivity contribution < 1.29 is 0 Å². The molecule has 21 heavy (non-hydrogen) atoms. The van der Waals surface area contributed by atoms with E-state index in [1.54, 1.807) is 0 Å². The highest BCUT2D eigenvalue weighted by Gasteiger charge is 2.05. The molecule has 3 rings (SSSR count). The Bertz CT molecular complexity index is 739. The maximum absolute atomic E-state index is 5.94. The first kappa shape index (κ1) is 15.3. The molecule has 0 spiro atoms. The standard InChI is InChI=1S/C18H18N2.ClH/c1-13-17(19)12-16-9-5-8-15(18(16)20-13)11-10-14-6-3-2-4-7-14;/h2-9,12H,10-11,19H2,1H3;1H. The summed E-state index contributed by atoms with van der Waals surface area (Å²) in [4.78, 5) is 4.66. The van der Waals surface area contributed by atoms with Crippen LogP contribution in [0.15, 0.2) is 54.6 Å². The van der Waals surface area contributed by atoms with Crippen molar-refractivity contribution in [1.29, 1.82) is 0 Å². The van der Waals surface area contributed by atoms with Crippen molar-refractivity contribution in [2.24, 2.45) is 0 Å². The lowest BCUT2D eigenvalue weighted by molar-refractivity contribution is 0.964. The molecule has 1 aromatic heterocycles. The lowest BCUT2D eigenvalue weighted by atomic mass is 10.0. The number of benzene rings is 2. The molecule has 0 saturated heterocycles. The van der Waals surface area contributed by atoms with Gasteiger partial charge in [-0.1, -0.05) is 48.5 Å². The van der Waals surface area contributed by atoms with Crippen LogP contribution < -0.4 is 5.73 Å². The van der Waals surface area contributed by atoms with E-state index in [4.69, 9.17) is 5.73 Å². The van der Waals surface area contributed by atoms with Crippen molar-refractivity contribution in [3.05, 3.63) is 71.4 Å². The van der Waals surface area contributed by atoms with E-state index in [1.165, 1.54) is 11.1 Å². The molecule has 0 bridgehead atoms. The fraction of sp³-hybridized carbons (Fsp3) is 0.167. The molecule has 0 amide bonds. The molecular weight excluding hydrogens is 280 g/mol. The fourth-order valence-electron chi connectivity index (χ4n) is 2.49. The van der Waals surface area contributed by atoms with Gasteiger partial charge in [0.05, 0.1) is 16.9 Å². The molecule has 0 unspecified atom stereocenters. The van der Waals surface area contributed by atoms with E-state index in [9.17, 15) is 0 Å². The quantitative estimate of drug-likeness (QED) is 0.781. The van der Waals surface area contributed by atoms with E-state index < -0.39 is 0 Å². The first-order valence-corrected chi connectivity index (χ1v) is 6.93. The van der Waals surface area contributed by atoms with Crippen molar-refractivity contribution in [2.75, 3.05) is 5.73 Å². The summed E-state index contributed by atoms with van der Waals surface area (Å²) in [6.45, 7) is 1.96. The van der Waals surface area contributed by atoms with Crippen LogP contribution in [0.25, 0.3) is 10.9 Å². The third-order valence-electron chi connectivity index (χ3n) is 3.68. The second kappa shape index (κ2) is 6.59. The molecule has 0 fully saturated rings. The van der Waals surface area contributed by atoms with Gasteiger partial charge in [0, 0.05) is 5.39 Å². The minimum atomic E-state index is 0. The van der Waals surface area contributed by atoms with Crippen molar-refractivity contribution in [1.82, 2.24) is 4.98 Å². The average Bonchev–Trinajstić information content (AvgIpc) is 2.47. The summed E-state index contributed by atoms with van der Waals surface area (Å²) in [6.07, 6.45) is 2.03. The number of fused-ring (bicyclic) bond motifs is 1. The number of aromatic nitrogens is 1. The summed E-state index contributed by atoms with van der Waals surface area (Å²) in [5, 5.41) is 1.12. The Labute approximate surface area is 131 Å². The summed E-state index contributed by atoms with van der Waals surface area (Å²) in [6, 6.07) is 18.9. The van der Waals surface area contributed by atoms with E-state index >= 15 is 0 Å². The summed E-state index contributed by atoms with van der Waals surface area (Å²) in [5.74, 6) is 0. The van der Waals surface area contributed by atoms with Gasteiger partial charge < -0.3 is 5.73 Å². The minimum Gasteiger partial charge on any atom is -0.397 e. The lowest BCUT2D eigenvalue weighted by Gasteiger charge is -2.08. The van der Waals surface area contributed by atoms with Crippen molar-refractivity contribution in [3.8, 4) is 0 Å². The largest absolute Gasteiger partial charge is 0.397 e. The zero-order chi connectivity index (χ0) is 13.9. The second-order valence-corrected chi connectivity index (χ2v) is 5.14. The number of hydrogen-bond acceptors (Lipinski definition) is 2. The summed E-state index contributed by atoms with van der Waals surface area (Å²) in [7, 11) is 0. The molecule has 1 heterocycles. The molecule has 2 aromatic carbocycles. The zero-order valence-corrected chi connectivity index (χ0v) is 12.9. The van der Waals surface area contributed by atoms with Crippen molar-refractivity contribution in [3.63, 3.8) is 0 Å². The molecule has 3 aromatic rings. The molecule has 108 valence electrons. The Morgan fingerprint density at radius 2 is 1.71 bits per heavy atom. The summed E-state index contributed by atoms with van der Waals surface area (Å²) < 4.78 is 0. The third-order valence-corrected chi connectivity index (χ3v) is 3.68. The van der Waals surface area contributed by atoms with Crippen LogP contribution in [0.4, 0.5) is 5.69 Å². The molecule has 0 aliphatic heterocycles. The number of halogens is 1. The third kappa shape index (κ3) is 3.34. The second-order valence-electron chi connectivity index (χ2n) is 5.14. The van der Waals surface area contributed by atoms with Crippen LogP contribution in [0.1, 0.15) is 16.8 Å². The Morgan fingerprint density at radius 3 is 2.48 bits per heavy atom. The van der Waals surface area contributed by atoms with Gasteiger partial charge in [0.2, 0.25) is 0 Å². The number of hydrogen-bond donors (Lipinski definition) is 1. The van der Waals surface area contributed by atoms with E-state index in [0.717, 1.165) is 35.1 Å². The smallest absolute Gasteiger partial charge is 0.0738 e. The number of pyridine rings is 1. The maximum atomic E-state index is 5.94. The molecule has 0 radical (unpaired) electrons. The number of aryl methyl sites for hydroxylation is 3. The highest BCUT2D eigenvalue weighted by molar-refractivity contribution is 5.85. The van der Waals surface area contributed by atoms with E-state index in [0.29, 0.717) is 0 Å². The molecule has 2 N–H and O–H groups in total. The van der Waals surface area contributed by atoms with Gasteiger partial charge in [0.25, 0.3) is 0 Å². The molecule has 3 heteroatoms. The van der Waals surface area contributed by atoms with Gasteiger partial charge in [-0.15, -0.1) is 12.4 Å². The van der Waals surface area contributed by atoms with Crippen LogP contribution in [0.3, 0.4) is 0 Å². The first-order valence-electron chi connectivity index (χ1n) is 6.93. The lowest BCUT2D eigenvalue weighted by Crippen LogP contribution is -1.98. The molecule has 0 atom stereocenters. The Kier molecular flexibility index (Phi) is 4.81. The molecule has 0 aliphatic rings. The Hall–Kier alpha value is -2.06. The highest BCUT2D eigenvalue weighted by Crippen LogP contribution is 2.22.